The minimum Gasteiger partial charge on any atom is -0.464 e. The highest BCUT2D eigenvalue weighted by Gasteiger charge is 2.42. The monoisotopic (exact) mass is 343 g/mol. The molecule has 3 atom stereocenters. The van der Waals surface area contributed by atoms with Crippen molar-refractivity contribution in [1.29, 1.82) is 0 Å². The third-order valence-corrected chi connectivity index (χ3v) is 3.68. The topological polar surface area (TPSA) is 90.9 Å². The molecule has 0 aromatic carbocycles. The molecule has 1 fully saturated rings. The summed E-state index contributed by atoms with van der Waals surface area (Å²) in [5.41, 5.74) is 0. The third kappa shape index (κ3) is 5.78. The van der Waals surface area contributed by atoms with E-state index in [1.54, 1.807) is 41.5 Å². The SMILES string of the molecule is CC(C)C(=O)OC[C@@H]1NC[C@H](OC(=O)C(C)C)[C@H]1OC(=O)C(C)C. The van der Waals surface area contributed by atoms with Crippen LogP contribution in [0.15, 0.2) is 0 Å². The summed E-state index contributed by atoms with van der Waals surface area (Å²) < 4.78 is 16.2. The van der Waals surface area contributed by atoms with E-state index in [2.05, 4.69) is 5.32 Å². The molecule has 0 saturated carbocycles. The standard InChI is InChI=1S/C17H29NO6/c1-9(2)15(19)22-8-12-14(24-17(21)11(5)6)13(7-18-12)23-16(20)10(3)4/h9-14,18H,7-8H2,1-6H3/t12-,13-,14-/m0/s1. The Kier molecular flexibility index (Phi) is 7.66. The van der Waals surface area contributed by atoms with Crippen molar-refractivity contribution in [2.24, 2.45) is 17.8 Å². The Morgan fingerprint density at radius 3 is 1.88 bits per heavy atom. The molecule has 0 aliphatic carbocycles. The lowest BCUT2D eigenvalue weighted by atomic mass is 10.1. The van der Waals surface area contributed by atoms with Crippen molar-refractivity contribution in [2.45, 2.75) is 59.8 Å². The van der Waals surface area contributed by atoms with Gasteiger partial charge in [0.25, 0.3) is 0 Å². The van der Waals surface area contributed by atoms with Gasteiger partial charge in [-0.05, 0) is 0 Å². The van der Waals surface area contributed by atoms with Crippen molar-refractivity contribution in [1.82, 2.24) is 5.32 Å². The number of nitrogens with one attached hydrogen (secondary N) is 1. The fourth-order valence-corrected chi connectivity index (χ4v) is 2.07. The summed E-state index contributed by atoms with van der Waals surface area (Å²) in [6.07, 6.45) is -1.27. The molecule has 0 aromatic rings. The van der Waals surface area contributed by atoms with E-state index in [-0.39, 0.29) is 42.3 Å². The number of carbonyl (C=O) groups is 3. The predicted molar refractivity (Wildman–Crippen MR) is 87.0 cm³/mol. The van der Waals surface area contributed by atoms with Gasteiger partial charge in [-0.15, -0.1) is 0 Å². The lowest BCUT2D eigenvalue weighted by molar-refractivity contribution is -0.171. The van der Waals surface area contributed by atoms with E-state index in [0.717, 1.165) is 0 Å². The molecule has 1 heterocycles. The van der Waals surface area contributed by atoms with E-state index in [0.29, 0.717) is 6.54 Å². The number of ether oxygens (including phenoxy) is 3. The van der Waals surface area contributed by atoms with E-state index in [9.17, 15) is 14.4 Å². The van der Waals surface area contributed by atoms with Crippen molar-refractivity contribution in [3.8, 4) is 0 Å². The van der Waals surface area contributed by atoms with Gasteiger partial charge >= 0.3 is 17.9 Å². The van der Waals surface area contributed by atoms with Crippen LogP contribution in [-0.2, 0) is 28.6 Å². The van der Waals surface area contributed by atoms with Crippen LogP contribution in [0.4, 0.5) is 0 Å². The Bertz CT molecular complexity index is 460. The molecule has 0 amide bonds. The van der Waals surface area contributed by atoms with E-state index < -0.39 is 18.2 Å². The van der Waals surface area contributed by atoms with Gasteiger partial charge in [-0.1, -0.05) is 41.5 Å². The Morgan fingerprint density at radius 2 is 1.38 bits per heavy atom. The van der Waals surface area contributed by atoms with Gasteiger partial charge in [0.2, 0.25) is 0 Å². The summed E-state index contributed by atoms with van der Waals surface area (Å²) in [5, 5.41) is 3.11. The van der Waals surface area contributed by atoms with Gasteiger partial charge in [0, 0.05) is 6.54 Å². The van der Waals surface area contributed by atoms with Gasteiger partial charge in [-0.3, -0.25) is 14.4 Å². The molecule has 0 radical (unpaired) electrons. The predicted octanol–water partition coefficient (Wildman–Crippen LogP) is 1.29. The molecule has 7 heteroatoms. The number of esters is 3. The molecule has 0 unspecified atom stereocenters. The zero-order valence-corrected chi connectivity index (χ0v) is 15.3. The third-order valence-electron chi connectivity index (χ3n) is 3.68. The van der Waals surface area contributed by atoms with Crippen LogP contribution in [0, 0.1) is 17.8 Å². The van der Waals surface area contributed by atoms with E-state index >= 15 is 0 Å². The second kappa shape index (κ2) is 9.01. The Hall–Kier alpha value is -1.63. The average molecular weight is 343 g/mol. The summed E-state index contributed by atoms with van der Waals surface area (Å²) in [6, 6.07) is -0.402. The summed E-state index contributed by atoms with van der Waals surface area (Å²) in [4.78, 5) is 35.5. The molecular formula is C17H29NO6. The van der Waals surface area contributed by atoms with E-state index in [1.807, 2.05) is 0 Å². The van der Waals surface area contributed by atoms with E-state index in [1.165, 1.54) is 0 Å². The fourth-order valence-electron chi connectivity index (χ4n) is 2.07. The first kappa shape index (κ1) is 20.4. The highest BCUT2D eigenvalue weighted by molar-refractivity contribution is 5.73. The first-order valence-electron chi connectivity index (χ1n) is 8.44. The second-order valence-electron chi connectivity index (χ2n) is 6.99. The van der Waals surface area contributed by atoms with Crippen LogP contribution in [0.2, 0.25) is 0 Å². The Balaban J connectivity index is 2.76. The van der Waals surface area contributed by atoms with Crippen molar-refractivity contribution >= 4 is 17.9 Å². The maximum atomic E-state index is 12.0. The van der Waals surface area contributed by atoms with Gasteiger partial charge in [-0.25, -0.2) is 0 Å². The summed E-state index contributed by atoms with van der Waals surface area (Å²) in [7, 11) is 0. The van der Waals surface area contributed by atoms with Crippen LogP contribution >= 0.6 is 0 Å². The maximum Gasteiger partial charge on any atom is 0.308 e. The van der Waals surface area contributed by atoms with Crippen molar-refractivity contribution in [2.75, 3.05) is 13.2 Å². The smallest absolute Gasteiger partial charge is 0.308 e. The number of rotatable bonds is 7. The molecule has 1 saturated heterocycles. The zero-order valence-electron chi connectivity index (χ0n) is 15.3. The molecule has 1 N–H and O–H groups in total. The summed E-state index contributed by atoms with van der Waals surface area (Å²) in [6.45, 7) is 10.8. The van der Waals surface area contributed by atoms with Crippen molar-refractivity contribution in [3.63, 3.8) is 0 Å². The second-order valence-corrected chi connectivity index (χ2v) is 6.99. The quantitative estimate of drug-likeness (QED) is 0.550. The Morgan fingerprint density at radius 1 is 0.875 bits per heavy atom. The highest BCUT2D eigenvalue weighted by Crippen LogP contribution is 2.19. The highest BCUT2D eigenvalue weighted by atomic mass is 16.6. The van der Waals surface area contributed by atoms with Crippen LogP contribution in [0.3, 0.4) is 0 Å². The van der Waals surface area contributed by atoms with Crippen LogP contribution in [0.5, 0.6) is 0 Å². The van der Waals surface area contributed by atoms with E-state index in [4.69, 9.17) is 14.2 Å². The van der Waals surface area contributed by atoms with Gasteiger partial charge in [0.15, 0.2) is 12.2 Å². The number of hydrogen-bond donors (Lipinski definition) is 1. The fraction of sp³-hybridized carbons (Fsp3) is 0.824. The number of carbonyl (C=O) groups excluding carboxylic acids is 3. The molecule has 0 aromatic heterocycles. The largest absolute Gasteiger partial charge is 0.464 e. The maximum absolute atomic E-state index is 12.0. The van der Waals surface area contributed by atoms with Gasteiger partial charge in [0.05, 0.1) is 23.8 Å². The van der Waals surface area contributed by atoms with Gasteiger partial charge in [0.1, 0.15) is 6.61 Å². The lowest BCUT2D eigenvalue weighted by Crippen LogP contribution is -2.43. The minimum atomic E-state index is -0.678. The number of hydrogen-bond acceptors (Lipinski definition) is 7. The van der Waals surface area contributed by atoms with Crippen LogP contribution < -0.4 is 5.32 Å². The molecule has 138 valence electrons. The van der Waals surface area contributed by atoms with Gasteiger partial charge < -0.3 is 19.5 Å². The van der Waals surface area contributed by atoms with Gasteiger partial charge in [-0.2, -0.15) is 0 Å². The summed E-state index contributed by atoms with van der Waals surface area (Å²) in [5.74, 6) is -1.87. The first-order chi connectivity index (χ1) is 11.1. The molecule has 1 rings (SSSR count). The van der Waals surface area contributed by atoms with Crippen LogP contribution in [0.1, 0.15) is 41.5 Å². The lowest BCUT2D eigenvalue weighted by Gasteiger charge is -2.25. The molecule has 24 heavy (non-hydrogen) atoms. The zero-order chi connectivity index (χ0) is 18.4. The van der Waals surface area contributed by atoms with Crippen LogP contribution in [-0.4, -0.2) is 49.3 Å². The molecule has 1 aliphatic heterocycles. The molecule has 0 spiro atoms. The minimum absolute atomic E-state index is 0.0583. The van der Waals surface area contributed by atoms with Crippen molar-refractivity contribution < 1.29 is 28.6 Å². The molecular weight excluding hydrogens is 314 g/mol. The summed E-state index contributed by atoms with van der Waals surface area (Å²) >= 11 is 0. The average Bonchev–Trinajstić information content (AvgIpc) is 2.86. The normalized spacial score (nSPS) is 23.6. The molecule has 0 bridgehead atoms. The van der Waals surface area contributed by atoms with Crippen LogP contribution in [0.25, 0.3) is 0 Å². The first-order valence-corrected chi connectivity index (χ1v) is 8.44. The molecule has 7 nitrogen and oxygen atoms in total. The molecule has 1 aliphatic rings. The van der Waals surface area contributed by atoms with Crippen molar-refractivity contribution in [3.05, 3.63) is 0 Å². The Labute approximate surface area is 143 Å².